The molecular weight excluding hydrogens is 174 g/mol. The lowest BCUT2D eigenvalue weighted by atomic mass is 10.2. The quantitative estimate of drug-likeness (QED) is 0.458. The molecule has 2 nitrogen and oxygen atoms in total. The Balaban J connectivity index is 2.56. The van der Waals surface area contributed by atoms with Crippen molar-refractivity contribution in [3.63, 3.8) is 0 Å². The van der Waals surface area contributed by atoms with Gasteiger partial charge >= 0.3 is 0 Å². The molecule has 0 spiro atoms. The van der Waals surface area contributed by atoms with Crippen LogP contribution in [-0.4, -0.2) is 11.3 Å². The first-order chi connectivity index (χ1) is 6.90. The molecule has 66 valence electrons. The number of carbonyl (C=O) groups is 1. The molecule has 1 heterocycles. The van der Waals surface area contributed by atoms with Gasteiger partial charge in [0, 0.05) is 5.39 Å². The van der Waals surface area contributed by atoms with Crippen molar-refractivity contribution >= 4 is 17.2 Å². The second-order valence-corrected chi connectivity index (χ2v) is 2.78. The van der Waals surface area contributed by atoms with Gasteiger partial charge in [-0.3, -0.25) is 4.79 Å². The van der Waals surface area contributed by atoms with Gasteiger partial charge in [0.2, 0.25) is 0 Å². The van der Waals surface area contributed by atoms with E-state index in [1.165, 1.54) is 0 Å². The molecular formula is C12H7NO. The van der Waals surface area contributed by atoms with Crippen molar-refractivity contribution in [3.8, 4) is 11.8 Å². The van der Waals surface area contributed by atoms with E-state index in [1.54, 1.807) is 6.07 Å². The van der Waals surface area contributed by atoms with Crippen LogP contribution in [-0.2, 0) is 4.79 Å². The Kier molecular flexibility index (Phi) is 2.24. The van der Waals surface area contributed by atoms with Gasteiger partial charge in [0.1, 0.15) is 5.69 Å². The number of aromatic nitrogens is 1. The molecule has 0 aliphatic heterocycles. The monoisotopic (exact) mass is 181 g/mol. The third-order valence-corrected chi connectivity index (χ3v) is 1.86. The third-order valence-electron chi connectivity index (χ3n) is 1.86. The fraction of sp³-hybridized carbons (Fsp3) is 0. The van der Waals surface area contributed by atoms with Crippen LogP contribution in [0.3, 0.4) is 0 Å². The van der Waals surface area contributed by atoms with Gasteiger partial charge in [-0.15, -0.1) is 0 Å². The molecule has 0 atom stereocenters. The van der Waals surface area contributed by atoms with E-state index in [4.69, 9.17) is 0 Å². The van der Waals surface area contributed by atoms with E-state index >= 15 is 0 Å². The van der Waals surface area contributed by atoms with Crippen LogP contribution in [0.2, 0.25) is 0 Å². The zero-order valence-electron chi connectivity index (χ0n) is 7.40. The second-order valence-electron chi connectivity index (χ2n) is 2.78. The van der Waals surface area contributed by atoms with E-state index in [0.29, 0.717) is 12.0 Å². The fourth-order valence-electron chi connectivity index (χ4n) is 1.24. The summed E-state index contributed by atoms with van der Waals surface area (Å²) in [7, 11) is 0. The summed E-state index contributed by atoms with van der Waals surface area (Å²) in [6.07, 6.45) is 0.566. The lowest BCUT2D eigenvalue weighted by Gasteiger charge is -1.95. The highest BCUT2D eigenvalue weighted by atomic mass is 16.1. The maximum absolute atomic E-state index is 10.0. The minimum atomic E-state index is 0.566. The van der Waals surface area contributed by atoms with Gasteiger partial charge in [0.05, 0.1) is 5.52 Å². The van der Waals surface area contributed by atoms with Crippen molar-refractivity contribution in [2.75, 3.05) is 0 Å². The summed E-state index contributed by atoms with van der Waals surface area (Å²) in [5, 5.41) is 1.07. The first-order valence-electron chi connectivity index (χ1n) is 4.21. The lowest BCUT2D eigenvalue weighted by molar-refractivity contribution is -0.103. The van der Waals surface area contributed by atoms with Crippen LogP contribution in [0, 0.1) is 11.8 Å². The number of pyridine rings is 1. The smallest absolute Gasteiger partial charge is 0.193 e. The number of nitrogens with zero attached hydrogens (tertiary/aromatic N) is 1. The standard InChI is InChI=1S/C12H7NO/c14-9-3-5-11-8-7-10-4-1-2-6-12(10)13-11/h1-2,4,6-9H. The number of carbonyl (C=O) groups excluding carboxylic acids is 1. The zero-order valence-corrected chi connectivity index (χ0v) is 7.40. The number of hydrogen-bond acceptors (Lipinski definition) is 2. The molecule has 0 saturated heterocycles. The van der Waals surface area contributed by atoms with Gasteiger partial charge in [-0.25, -0.2) is 4.98 Å². The number of para-hydroxylation sites is 1. The minimum absolute atomic E-state index is 0.566. The van der Waals surface area contributed by atoms with Gasteiger partial charge in [-0.05, 0) is 24.0 Å². The van der Waals surface area contributed by atoms with Gasteiger partial charge in [-0.1, -0.05) is 24.3 Å². The van der Waals surface area contributed by atoms with Crippen molar-refractivity contribution in [1.29, 1.82) is 0 Å². The summed E-state index contributed by atoms with van der Waals surface area (Å²) in [5.74, 6) is 4.99. The molecule has 0 N–H and O–H groups in total. The average Bonchev–Trinajstić information content (AvgIpc) is 2.26. The van der Waals surface area contributed by atoms with Crippen molar-refractivity contribution in [2.45, 2.75) is 0 Å². The van der Waals surface area contributed by atoms with Crippen LogP contribution >= 0.6 is 0 Å². The van der Waals surface area contributed by atoms with E-state index in [-0.39, 0.29) is 0 Å². The first-order valence-corrected chi connectivity index (χ1v) is 4.21. The summed E-state index contributed by atoms with van der Waals surface area (Å²) in [4.78, 5) is 14.3. The van der Waals surface area contributed by atoms with E-state index in [1.807, 2.05) is 30.3 Å². The maximum atomic E-state index is 10.0. The number of benzene rings is 1. The molecule has 0 amide bonds. The summed E-state index contributed by atoms with van der Waals surface area (Å²) < 4.78 is 0. The van der Waals surface area contributed by atoms with Crippen LogP contribution in [0.1, 0.15) is 5.69 Å². The van der Waals surface area contributed by atoms with Gasteiger partial charge in [0.25, 0.3) is 0 Å². The van der Waals surface area contributed by atoms with Gasteiger partial charge in [-0.2, -0.15) is 0 Å². The molecule has 1 aromatic heterocycles. The van der Waals surface area contributed by atoms with Crippen LogP contribution in [0.5, 0.6) is 0 Å². The van der Waals surface area contributed by atoms with Crippen LogP contribution in [0.25, 0.3) is 10.9 Å². The minimum Gasteiger partial charge on any atom is -0.289 e. The summed E-state index contributed by atoms with van der Waals surface area (Å²) in [6.45, 7) is 0. The van der Waals surface area contributed by atoms with Crippen molar-refractivity contribution in [2.24, 2.45) is 0 Å². The largest absolute Gasteiger partial charge is 0.289 e. The molecule has 2 rings (SSSR count). The molecule has 2 aromatic rings. The lowest BCUT2D eigenvalue weighted by Crippen LogP contribution is -1.83. The van der Waals surface area contributed by atoms with E-state index in [9.17, 15) is 4.79 Å². The predicted octanol–water partition coefficient (Wildman–Crippen LogP) is 1.79. The summed E-state index contributed by atoms with van der Waals surface area (Å²) >= 11 is 0. The highest BCUT2D eigenvalue weighted by Gasteiger charge is 1.93. The number of fused-ring (bicyclic) bond motifs is 1. The predicted molar refractivity (Wildman–Crippen MR) is 54.7 cm³/mol. The molecule has 0 saturated carbocycles. The SMILES string of the molecule is O=CC#Cc1ccc2ccccc2n1. The normalized spacial score (nSPS) is 9.14. The van der Waals surface area contributed by atoms with Crippen molar-refractivity contribution in [3.05, 3.63) is 42.1 Å². The fourth-order valence-corrected chi connectivity index (χ4v) is 1.24. The molecule has 2 heteroatoms. The molecule has 0 aliphatic rings. The van der Waals surface area contributed by atoms with Crippen molar-refractivity contribution in [1.82, 2.24) is 4.98 Å². The maximum Gasteiger partial charge on any atom is 0.193 e. The molecule has 0 unspecified atom stereocenters. The van der Waals surface area contributed by atoms with Crippen LogP contribution in [0.4, 0.5) is 0 Å². The third kappa shape index (κ3) is 1.62. The Labute approximate surface area is 81.6 Å². The molecule has 14 heavy (non-hydrogen) atoms. The average molecular weight is 181 g/mol. The van der Waals surface area contributed by atoms with Crippen molar-refractivity contribution < 1.29 is 4.79 Å². The second kappa shape index (κ2) is 3.71. The zero-order chi connectivity index (χ0) is 9.80. The number of hydrogen-bond donors (Lipinski definition) is 0. The van der Waals surface area contributed by atoms with Gasteiger partial charge < -0.3 is 0 Å². The Morgan fingerprint density at radius 1 is 1.14 bits per heavy atom. The highest BCUT2D eigenvalue weighted by Crippen LogP contribution is 2.10. The molecule has 0 radical (unpaired) electrons. The Morgan fingerprint density at radius 3 is 2.86 bits per heavy atom. The Morgan fingerprint density at radius 2 is 2.00 bits per heavy atom. The topological polar surface area (TPSA) is 30.0 Å². The Bertz CT molecular complexity index is 535. The molecule has 0 bridgehead atoms. The summed E-state index contributed by atoms with van der Waals surface area (Å²) in [6, 6.07) is 11.5. The van der Waals surface area contributed by atoms with E-state index < -0.39 is 0 Å². The number of rotatable bonds is 0. The molecule has 0 fully saturated rings. The number of aldehydes is 1. The first kappa shape index (κ1) is 8.46. The summed E-state index contributed by atoms with van der Waals surface area (Å²) in [5.41, 5.74) is 1.51. The molecule has 0 aliphatic carbocycles. The molecule has 1 aromatic carbocycles. The van der Waals surface area contributed by atoms with E-state index in [0.717, 1.165) is 10.9 Å². The van der Waals surface area contributed by atoms with Crippen LogP contribution < -0.4 is 0 Å². The highest BCUT2D eigenvalue weighted by molar-refractivity contribution is 5.79. The van der Waals surface area contributed by atoms with E-state index in [2.05, 4.69) is 16.8 Å². The Hall–Kier alpha value is -2.14. The van der Waals surface area contributed by atoms with Gasteiger partial charge in [0.15, 0.2) is 6.29 Å². The van der Waals surface area contributed by atoms with Crippen LogP contribution in [0.15, 0.2) is 36.4 Å².